The van der Waals surface area contributed by atoms with Crippen molar-refractivity contribution in [2.45, 2.75) is 26.8 Å². The lowest BCUT2D eigenvalue weighted by Crippen LogP contribution is -2.28. The number of hydrogen-bond acceptors (Lipinski definition) is 4. The molecule has 1 aliphatic heterocycles. The number of aromatic nitrogens is 1. The molecule has 0 saturated carbocycles. The molecular weight excluding hydrogens is 344 g/mol. The number of aryl methyl sites for hydroxylation is 2. The number of aromatic amines is 1. The lowest BCUT2D eigenvalue weighted by atomic mass is 10.1. The van der Waals surface area contributed by atoms with E-state index < -0.39 is 0 Å². The maximum atomic E-state index is 12.5. The van der Waals surface area contributed by atoms with Crippen LogP contribution in [0.2, 0.25) is 5.02 Å². The summed E-state index contributed by atoms with van der Waals surface area (Å²) >= 11 is 6.21. The summed E-state index contributed by atoms with van der Waals surface area (Å²) in [6.45, 7) is 4.82. The largest absolute Gasteiger partial charge is 0.489 e. The van der Waals surface area contributed by atoms with Crippen LogP contribution in [-0.2, 0) is 6.54 Å². The fourth-order valence-electron chi connectivity index (χ4n) is 2.73. The third-order valence-corrected chi connectivity index (χ3v) is 4.26. The van der Waals surface area contributed by atoms with Crippen LogP contribution in [0.25, 0.3) is 0 Å². The number of hydrogen-bond donors (Lipinski definition) is 2. The predicted molar refractivity (Wildman–Crippen MR) is 94.8 cm³/mol. The van der Waals surface area contributed by atoms with Crippen molar-refractivity contribution in [2.75, 3.05) is 13.2 Å². The Labute approximate surface area is 150 Å². The maximum Gasteiger partial charge on any atom is 0.253 e. The smallest absolute Gasteiger partial charge is 0.253 e. The van der Waals surface area contributed by atoms with Gasteiger partial charge in [-0.05, 0) is 37.6 Å². The summed E-state index contributed by atoms with van der Waals surface area (Å²) < 4.78 is 11.1. The van der Waals surface area contributed by atoms with Crippen molar-refractivity contribution in [1.29, 1.82) is 0 Å². The molecule has 3 rings (SSSR count). The summed E-state index contributed by atoms with van der Waals surface area (Å²) in [5, 5.41) is 3.08. The average molecular weight is 363 g/mol. The van der Waals surface area contributed by atoms with Gasteiger partial charge in [0.25, 0.3) is 11.5 Å². The van der Waals surface area contributed by atoms with Crippen molar-refractivity contribution < 1.29 is 14.3 Å². The van der Waals surface area contributed by atoms with E-state index in [0.717, 1.165) is 17.7 Å². The molecule has 0 saturated heterocycles. The monoisotopic (exact) mass is 362 g/mol. The number of benzene rings is 1. The van der Waals surface area contributed by atoms with Crippen molar-refractivity contribution in [3.63, 3.8) is 0 Å². The van der Waals surface area contributed by atoms with Crippen LogP contribution in [-0.4, -0.2) is 24.1 Å². The van der Waals surface area contributed by atoms with E-state index in [1.807, 2.05) is 19.9 Å². The standard InChI is InChI=1S/C18H19ClN2O4/c1-10-6-11(2)21-18(23)13(10)9-20-17(22)12-7-14(19)16-15(8-12)24-4-3-5-25-16/h6-8H,3-5,9H2,1-2H3,(H,20,22)(H,21,23). The van der Waals surface area contributed by atoms with Crippen LogP contribution >= 0.6 is 11.6 Å². The number of amides is 1. The lowest BCUT2D eigenvalue weighted by molar-refractivity contribution is 0.0950. The van der Waals surface area contributed by atoms with E-state index in [0.29, 0.717) is 40.9 Å². The van der Waals surface area contributed by atoms with Gasteiger partial charge in [0.05, 0.1) is 18.2 Å². The predicted octanol–water partition coefficient (Wildman–Crippen LogP) is 2.74. The number of nitrogens with one attached hydrogen (secondary N) is 2. The molecule has 2 N–H and O–H groups in total. The third-order valence-electron chi connectivity index (χ3n) is 3.98. The Morgan fingerprint density at radius 1 is 1.24 bits per heavy atom. The SMILES string of the molecule is Cc1cc(C)c(CNC(=O)c2cc(Cl)c3c(c2)OCCCO3)c(=O)[nH]1. The van der Waals surface area contributed by atoms with E-state index >= 15 is 0 Å². The first-order valence-corrected chi connectivity index (χ1v) is 8.40. The molecule has 1 aliphatic rings. The van der Waals surface area contributed by atoms with E-state index in [4.69, 9.17) is 21.1 Å². The molecule has 25 heavy (non-hydrogen) atoms. The summed E-state index contributed by atoms with van der Waals surface area (Å²) in [5.41, 5.74) is 2.30. The molecule has 0 atom stereocenters. The minimum Gasteiger partial charge on any atom is -0.489 e. The summed E-state index contributed by atoms with van der Waals surface area (Å²) in [5.74, 6) is 0.581. The van der Waals surface area contributed by atoms with Gasteiger partial charge >= 0.3 is 0 Å². The van der Waals surface area contributed by atoms with Crippen LogP contribution in [0.3, 0.4) is 0 Å². The number of rotatable bonds is 3. The van der Waals surface area contributed by atoms with Gasteiger partial charge in [-0.15, -0.1) is 0 Å². The number of pyridine rings is 1. The maximum absolute atomic E-state index is 12.5. The van der Waals surface area contributed by atoms with Crippen LogP contribution in [0.5, 0.6) is 11.5 Å². The van der Waals surface area contributed by atoms with Gasteiger partial charge in [0.15, 0.2) is 11.5 Å². The molecule has 2 heterocycles. The van der Waals surface area contributed by atoms with E-state index in [1.54, 1.807) is 6.07 Å². The number of H-pyrrole nitrogens is 1. The second kappa shape index (κ2) is 7.19. The van der Waals surface area contributed by atoms with E-state index in [9.17, 15) is 9.59 Å². The minimum atomic E-state index is -0.336. The topological polar surface area (TPSA) is 80.4 Å². The first-order chi connectivity index (χ1) is 12.0. The Balaban J connectivity index is 1.79. The number of ether oxygens (including phenoxy) is 2. The highest BCUT2D eigenvalue weighted by Crippen LogP contribution is 2.37. The summed E-state index contributed by atoms with van der Waals surface area (Å²) in [6.07, 6.45) is 0.752. The highest BCUT2D eigenvalue weighted by molar-refractivity contribution is 6.32. The highest BCUT2D eigenvalue weighted by atomic mass is 35.5. The molecular formula is C18H19ClN2O4. The van der Waals surface area contributed by atoms with Gasteiger partial charge in [0, 0.05) is 29.8 Å². The quantitative estimate of drug-likeness (QED) is 0.879. The fraction of sp³-hybridized carbons (Fsp3) is 0.333. The molecule has 0 fully saturated rings. The molecule has 1 aromatic heterocycles. The zero-order valence-corrected chi connectivity index (χ0v) is 14.8. The molecule has 0 bridgehead atoms. The number of fused-ring (bicyclic) bond motifs is 1. The van der Waals surface area contributed by atoms with Crippen LogP contribution < -0.4 is 20.3 Å². The van der Waals surface area contributed by atoms with Gasteiger partial charge in [0.2, 0.25) is 0 Å². The van der Waals surface area contributed by atoms with Crippen molar-refractivity contribution >= 4 is 17.5 Å². The molecule has 132 valence electrons. The number of halogens is 1. The highest BCUT2D eigenvalue weighted by Gasteiger charge is 2.18. The number of carbonyl (C=O) groups is 1. The molecule has 0 unspecified atom stereocenters. The van der Waals surface area contributed by atoms with Gasteiger partial charge in [-0.25, -0.2) is 0 Å². The molecule has 7 heteroatoms. The molecule has 2 aromatic rings. The van der Waals surface area contributed by atoms with Gasteiger partial charge in [-0.1, -0.05) is 11.6 Å². The minimum absolute atomic E-state index is 0.131. The van der Waals surface area contributed by atoms with Crippen LogP contribution in [0.4, 0.5) is 0 Å². The Kier molecular flexibility index (Phi) is 4.99. The zero-order valence-electron chi connectivity index (χ0n) is 14.1. The molecule has 1 amide bonds. The van der Waals surface area contributed by atoms with Crippen molar-refractivity contribution in [1.82, 2.24) is 10.3 Å². The van der Waals surface area contributed by atoms with E-state index in [-0.39, 0.29) is 18.0 Å². The fourth-order valence-corrected chi connectivity index (χ4v) is 3.00. The third kappa shape index (κ3) is 3.79. The first-order valence-electron chi connectivity index (χ1n) is 8.02. The van der Waals surface area contributed by atoms with E-state index in [2.05, 4.69) is 10.3 Å². The number of carbonyl (C=O) groups excluding carboxylic acids is 1. The normalized spacial score (nSPS) is 13.2. The second-order valence-corrected chi connectivity index (χ2v) is 6.37. The zero-order chi connectivity index (χ0) is 18.0. The first kappa shape index (κ1) is 17.4. The van der Waals surface area contributed by atoms with Crippen molar-refractivity contribution in [2.24, 2.45) is 0 Å². The Morgan fingerprint density at radius 2 is 2.00 bits per heavy atom. The molecule has 0 aliphatic carbocycles. The van der Waals surface area contributed by atoms with Gasteiger partial charge < -0.3 is 19.8 Å². The summed E-state index contributed by atoms with van der Waals surface area (Å²) in [7, 11) is 0. The lowest BCUT2D eigenvalue weighted by Gasteiger charge is -2.12. The van der Waals surface area contributed by atoms with Crippen molar-refractivity contribution in [3.8, 4) is 11.5 Å². The van der Waals surface area contributed by atoms with Gasteiger partial charge in [0.1, 0.15) is 0 Å². The van der Waals surface area contributed by atoms with Gasteiger partial charge in [-0.2, -0.15) is 0 Å². The molecule has 1 aromatic carbocycles. The Morgan fingerprint density at radius 3 is 2.76 bits per heavy atom. The van der Waals surface area contributed by atoms with Crippen molar-refractivity contribution in [3.05, 3.63) is 56.0 Å². The average Bonchev–Trinajstić information content (AvgIpc) is 2.79. The Hall–Kier alpha value is -2.47. The summed E-state index contributed by atoms with van der Waals surface area (Å²) in [6, 6.07) is 5.01. The van der Waals surface area contributed by atoms with E-state index in [1.165, 1.54) is 6.07 Å². The molecule has 6 nitrogen and oxygen atoms in total. The second-order valence-electron chi connectivity index (χ2n) is 5.96. The van der Waals surface area contributed by atoms with Gasteiger partial charge in [-0.3, -0.25) is 9.59 Å². The van der Waals surface area contributed by atoms with Crippen LogP contribution in [0.1, 0.15) is 33.6 Å². The molecule has 0 radical (unpaired) electrons. The van der Waals surface area contributed by atoms with Crippen LogP contribution in [0, 0.1) is 13.8 Å². The van der Waals surface area contributed by atoms with Crippen LogP contribution in [0.15, 0.2) is 23.0 Å². The summed E-state index contributed by atoms with van der Waals surface area (Å²) in [4.78, 5) is 27.2. The Bertz CT molecular complexity index is 876. The molecule has 0 spiro atoms.